The maximum Gasteiger partial charge on any atom is 0.233 e. The average Bonchev–Trinajstić information content (AvgIpc) is 2.67. The lowest BCUT2D eigenvalue weighted by atomic mass is 9.78. The maximum atomic E-state index is 13.3. The number of benzene rings is 2. The molecule has 0 unspecified atom stereocenters. The van der Waals surface area contributed by atoms with Crippen LogP contribution >= 0.6 is 12.2 Å². The molecule has 4 rings (SSSR count). The van der Waals surface area contributed by atoms with E-state index in [-0.39, 0.29) is 11.9 Å². The van der Waals surface area contributed by atoms with E-state index in [1.807, 2.05) is 60.4 Å². The number of rotatable bonds is 3. The largest absolute Gasteiger partial charge is 0.493 e. The van der Waals surface area contributed by atoms with Crippen LogP contribution in [0, 0.1) is 5.92 Å². The number of nitrogens with one attached hydrogen (secondary N) is 1. The van der Waals surface area contributed by atoms with Crippen LogP contribution in [0.2, 0.25) is 0 Å². The predicted molar refractivity (Wildman–Crippen MR) is 112 cm³/mol. The van der Waals surface area contributed by atoms with Gasteiger partial charge in [0.2, 0.25) is 5.91 Å². The van der Waals surface area contributed by atoms with Gasteiger partial charge in [0.15, 0.2) is 22.3 Å². The number of methoxy groups -OCH3 is 1. The van der Waals surface area contributed by atoms with Crippen molar-refractivity contribution in [3.05, 3.63) is 54.1 Å². The number of ether oxygens (including phenoxy) is 2. The van der Waals surface area contributed by atoms with Crippen LogP contribution in [0.25, 0.3) is 0 Å². The Labute approximate surface area is 170 Å². The molecule has 3 atom stereocenters. The molecular formula is C21H23N3O3S. The molecule has 2 aromatic rings. The first-order valence-corrected chi connectivity index (χ1v) is 9.52. The molecule has 2 aliphatic heterocycles. The van der Waals surface area contributed by atoms with Crippen molar-refractivity contribution in [3.63, 3.8) is 0 Å². The van der Waals surface area contributed by atoms with Crippen molar-refractivity contribution < 1.29 is 14.3 Å². The highest BCUT2D eigenvalue weighted by Gasteiger charge is 2.59. The van der Waals surface area contributed by atoms with E-state index >= 15 is 0 Å². The van der Waals surface area contributed by atoms with Gasteiger partial charge in [-0.2, -0.15) is 0 Å². The number of thiocarbonyl (C=S) groups is 1. The fraction of sp³-hybridized carbons (Fsp3) is 0.333. The smallest absolute Gasteiger partial charge is 0.233 e. The van der Waals surface area contributed by atoms with E-state index in [1.165, 1.54) is 0 Å². The van der Waals surface area contributed by atoms with Gasteiger partial charge in [0.25, 0.3) is 0 Å². The zero-order valence-corrected chi connectivity index (χ0v) is 17.1. The van der Waals surface area contributed by atoms with E-state index in [0.29, 0.717) is 16.6 Å². The van der Waals surface area contributed by atoms with E-state index in [4.69, 9.17) is 21.7 Å². The Morgan fingerprint density at radius 1 is 1.21 bits per heavy atom. The van der Waals surface area contributed by atoms with Gasteiger partial charge in [0, 0.05) is 25.3 Å². The summed E-state index contributed by atoms with van der Waals surface area (Å²) in [7, 11) is 5.13. The Morgan fingerprint density at radius 3 is 2.57 bits per heavy atom. The minimum absolute atomic E-state index is 0.0306. The molecule has 146 valence electrons. The minimum atomic E-state index is -1.02. The first-order valence-electron chi connectivity index (χ1n) is 9.11. The Morgan fingerprint density at radius 2 is 1.93 bits per heavy atom. The summed E-state index contributed by atoms with van der Waals surface area (Å²) in [6.07, 6.45) is 0. The number of para-hydroxylation sites is 2. The third-order valence-corrected chi connectivity index (χ3v) is 5.73. The van der Waals surface area contributed by atoms with Gasteiger partial charge in [-0.05, 0) is 37.3 Å². The normalized spacial score (nSPS) is 25.3. The van der Waals surface area contributed by atoms with Gasteiger partial charge in [0.1, 0.15) is 5.92 Å². The Bertz CT molecular complexity index is 934. The number of hydrogen-bond acceptors (Lipinski definition) is 4. The summed E-state index contributed by atoms with van der Waals surface area (Å²) >= 11 is 5.71. The molecule has 1 amide bonds. The summed E-state index contributed by atoms with van der Waals surface area (Å²) in [5.41, 5.74) is 0.708. The SMILES string of the molecule is COc1cccc2c1O[C@@]1(C)[C@H](C(=O)N(C)C)[C@H]2NC(=S)N1c1ccccc1. The zero-order chi connectivity index (χ0) is 20.1. The highest BCUT2D eigenvalue weighted by molar-refractivity contribution is 7.80. The second-order valence-corrected chi connectivity index (χ2v) is 7.73. The van der Waals surface area contributed by atoms with Crippen LogP contribution in [0.4, 0.5) is 5.69 Å². The molecule has 2 heterocycles. The van der Waals surface area contributed by atoms with Gasteiger partial charge >= 0.3 is 0 Å². The van der Waals surface area contributed by atoms with Crippen LogP contribution in [0.15, 0.2) is 48.5 Å². The number of anilines is 1. The van der Waals surface area contributed by atoms with E-state index in [9.17, 15) is 4.79 Å². The lowest BCUT2D eigenvalue weighted by Gasteiger charge is -2.56. The van der Waals surface area contributed by atoms with Crippen LogP contribution in [0.1, 0.15) is 18.5 Å². The molecule has 2 aromatic carbocycles. The Hall–Kier alpha value is -2.80. The predicted octanol–water partition coefficient (Wildman–Crippen LogP) is 2.94. The molecule has 1 N–H and O–H groups in total. The Kier molecular flexibility index (Phi) is 4.42. The lowest BCUT2D eigenvalue weighted by molar-refractivity contribution is -0.144. The molecule has 2 bridgehead atoms. The zero-order valence-electron chi connectivity index (χ0n) is 16.3. The van der Waals surface area contributed by atoms with Gasteiger partial charge in [-0.1, -0.05) is 30.3 Å². The van der Waals surface area contributed by atoms with Crippen LogP contribution in [-0.4, -0.2) is 42.8 Å². The molecule has 0 saturated carbocycles. The van der Waals surface area contributed by atoms with E-state index in [1.54, 1.807) is 26.1 Å². The van der Waals surface area contributed by atoms with E-state index < -0.39 is 11.6 Å². The van der Waals surface area contributed by atoms with Crippen molar-refractivity contribution in [1.29, 1.82) is 0 Å². The van der Waals surface area contributed by atoms with Crippen molar-refractivity contribution in [1.82, 2.24) is 10.2 Å². The molecule has 1 fully saturated rings. The average molecular weight is 398 g/mol. The molecule has 6 nitrogen and oxygen atoms in total. The minimum Gasteiger partial charge on any atom is -0.493 e. The van der Waals surface area contributed by atoms with Gasteiger partial charge in [-0.3, -0.25) is 9.69 Å². The molecule has 28 heavy (non-hydrogen) atoms. The third-order valence-electron chi connectivity index (χ3n) is 5.43. The summed E-state index contributed by atoms with van der Waals surface area (Å²) in [4.78, 5) is 16.8. The topological polar surface area (TPSA) is 54.0 Å². The molecule has 0 aliphatic carbocycles. The maximum absolute atomic E-state index is 13.3. The van der Waals surface area contributed by atoms with Crippen LogP contribution in [0.3, 0.4) is 0 Å². The van der Waals surface area contributed by atoms with Crippen molar-refractivity contribution in [2.24, 2.45) is 5.92 Å². The molecule has 1 saturated heterocycles. The Balaban J connectivity index is 1.95. The molecule has 7 heteroatoms. The van der Waals surface area contributed by atoms with E-state index in [2.05, 4.69) is 5.32 Å². The fourth-order valence-corrected chi connectivity index (χ4v) is 4.57. The summed E-state index contributed by atoms with van der Waals surface area (Å²) in [6, 6.07) is 15.1. The van der Waals surface area contributed by atoms with Crippen molar-refractivity contribution >= 4 is 28.9 Å². The van der Waals surface area contributed by atoms with Gasteiger partial charge in [-0.25, -0.2) is 0 Å². The lowest BCUT2D eigenvalue weighted by Crippen LogP contribution is -2.72. The first kappa shape index (κ1) is 18.6. The molecule has 0 aromatic heterocycles. The highest BCUT2D eigenvalue weighted by atomic mass is 32.1. The first-order chi connectivity index (χ1) is 13.4. The fourth-order valence-electron chi connectivity index (χ4n) is 4.15. The number of fused-ring (bicyclic) bond motifs is 4. The third kappa shape index (κ3) is 2.61. The summed E-state index contributed by atoms with van der Waals surface area (Å²) in [5.74, 6) is 0.731. The number of carbonyl (C=O) groups is 1. The molecule has 0 spiro atoms. The molecule has 2 aliphatic rings. The van der Waals surface area contributed by atoms with Crippen LogP contribution in [0.5, 0.6) is 11.5 Å². The summed E-state index contributed by atoms with van der Waals surface area (Å²) < 4.78 is 12.1. The highest BCUT2D eigenvalue weighted by Crippen LogP contribution is 2.52. The van der Waals surface area contributed by atoms with Gasteiger partial charge in [-0.15, -0.1) is 0 Å². The standard InChI is InChI=1S/C21H23N3O3S/c1-21-16(19(25)23(2)3)17(14-11-8-12-15(26-4)18(14)27-21)22-20(28)24(21)13-9-6-5-7-10-13/h5-12,16-17H,1-4H3,(H,22,28)/t16-,17-,21-/m0/s1. The quantitative estimate of drug-likeness (QED) is 0.804. The van der Waals surface area contributed by atoms with Gasteiger partial charge in [0.05, 0.1) is 13.2 Å². The second kappa shape index (κ2) is 6.67. The molecular weight excluding hydrogens is 374 g/mol. The van der Waals surface area contributed by atoms with Crippen molar-refractivity contribution in [2.75, 3.05) is 26.1 Å². The number of amides is 1. The van der Waals surface area contributed by atoms with E-state index in [0.717, 1.165) is 11.3 Å². The number of hydrogen-bond donors (Lipinski definition) is 1. The van der Waals surface area contributed by atoms with Crippen molar-refractivity contribution in [3.8, 4) is 11.5 Å². The van der Waals surface area contributed by atoms with Crippen molar-refractivity contribution in [2.45, 2.75) is 18.7 Å². The molecule has 0 radical (unpaired) electrons. The summed E-state index contributed by atoms with van der Waals surface area (Å²) in [6.45, 7) is 1.92. The van der Waals surface area contributed by atoms with Crippen LogP contribution in [-0.2, 0) is 4.79 Å². The summed E-state index contributed by atoms with van der Waals surface area (Å²) in [5, 5.41) is 3.91. The monoisotopic (exact) mass is 397 g/mol. The number of carbonyl (C=O) groups excluding carboxylic acids is 1. The number of nitrogens with zero attached hydrogens (tertiary/aromatic N) is 2. The van der Waals surface area contributed by atoms with Gasteiger partial charge < -0.3 is 19.7 Å². The van der Waals surface area contributed by atoms with Crippen LogP contribution < -0.4 is 19.7 Å². The second-order valence-electron chi connectivity index (χ2n) is 7.34.